The average molecular weight is 347 g/mol. The van der Waals surface area contributed by atoms with E-state index >= 15 is 0 Å². The van der Waals surface area contributed by atoms with Crippen LogP contribution in [-0.2, 0) is 0 Å². The first-order chi connectivity index (χ1) is 11.3. The zero-order valence-corrected chi connectivity index (χ0v) is 14.0. The number of rotatable bonds is 7. The van der Waals surface area contributed by atoms with Crippen molar-refractivity contribution in [3.05, 3.63) is 17.5 Å². The Hall–Kier alpha value is -1.57. The second-order valence-corrected chi connectivity index (χ2v) is 6.34. The van der Waals surface area contributed by atoms with Crippen molar-refractivity contribution in [3.8, 4) is 0 Å². The molecule has 1 aliphatic heterocycles. The first-order valence-corrected chi connectivity index (χ1v) is 8.36. The number of nitrogens with zero attached hydrogens (tertiary/aromatic N) is 2. The zero-order chi connectivity index (χ0) is 17.7. The minimum Gasteiger partial charge on any atom is -0.351 e. The van der Waals surface area contributed by atoms with E-state index in [2.05, 4.69) is 24.3 Å². The summed E-state index contributed by atoms with van der Waals surface area (Å²) in [5, 5.41) is 6.67. The van der Waals surface area contributed by atoms with Crippen molar-refractivity contribution in [2.75, 3.05) is 26.2 Å². The van der Waals surface area contributed by atoms with Gasteiger partial charge in [0, 0.05) is 25.1 Å². The van der Waals surface area contributed by atoms with Gasteiger partial charge in [-0.2, -0.15) is 13.2 Å². The van der Waals surface area contributed by atoms with E-state index < -0.39 is 12.7 Å². The first-order valence-electron chi connectivity index (χ1n) is 8.36. The van der Waals surface area contributed by atoms with Crippen molar-refractivity contribution in [1.82, 2.24) is 15.4 Å². The number of alkyl halides is 3. The van der Waals surface area contributed by atoms with Crippen molar-refractivity contribution >= 4 is 5.91 Å². The molecule has 1 unspecified atom stereocenters. The second-order valence-electron chi connectivity index (χ2n) is 6.34. The van der Waals surface area contributed by atoms with Gasteiger partial charge in [-0.25, -0.2) is 0 Å². The maximum absolute atomic E-state index is 12.4. The summed E-state index contributed by atoms with van der Waals surface area (Å²) in [4.78, 5) is 13.5. The van der Waals surface area contributed by atoms with E-state index in [9.17, 15) is 18.0 Å². The molecule has 1 N–H and O–H groups in total. The van der Waals surface area contributed by atoms with Crippen molar-refractivity contribution in [2.45, 2.75) is 45.2 Å². The summed E-state index contributed by atoms with van der Waals surface area (Å²) in [7, 11) is 0. The van der Waals surface area contributed by atoms with Crippen LogP contribution in [0.15, 0.2) is 10.6 Å². The summed E-state index contributed by atoms with van der Waals surface area (Å²) in [5.74, 6) is 0.0785. The third kappa shape index (κ3) is 5.22. The Bertz CT molecular complexity index is 541. The molecule has 5 nitrogen and oxygen atoms in total. The van der Waals surface area contributed by atoms with Gasteiger partial charge in [-0.05, 0) is 31.7 Å². The smallest absolute Gasteiger partial charge is 0.351 e. The first kappa shape index (κ1) is 18.8. The molecular formula is C16H24F3N3O2. The van der Waals surface area contributed by atoms with E-state index in [1.165, 1.54) is 4.90 Å². The molecule has 0 spiro atoms. The summed E-state index contributed by atoms with van der Waals surface area (Å²) in [6.45, 7) is 4.30. The van der Waals surface area contributed by atoms with Crippen molar-refractivity contribution in [1.29, 1.82) is 0 Å². The van der Waals surface area contributed by atoms with Crippen LogP contribution in [-0.4, -0.2) is 48.3 Å². The van der Waals surface area contributed by atoms with Crippen LogP contribution in [0.3, 0.4) is 0 Å². The van der Waals surface area contributed by atoms with Gasteiger partial charge in [-0.3, -0.25) is 9.69 Å². The Kier molecular flexibility index (Phi) is 6.26. The average Bonchev–Trinajstić information content (AvgIpc) is 3.14. The molecule has 1 fully saturated rings. The fourth-order valence-electron chi connectivity index (χ4n) is 3.10. The molecule has 136 valence electrons. The van der Waals surface area contributed by atoms with E-state index in [4.69, 9.17) is 4.52 Å². The van der Waals surface area contributed by atoms with Gasteiger partial charge in [0.05, 0.1) is 12.2 Å². The highest BCUT2D eigenvalue weighted by Gasteiger charge is 2.34. The lowest BCUT2D eigenvalue weighted by atomic mass is 9.99. The topological polar surface area (TPSA) is 58.4 Å². The molecule has 1 saturated heterocycles. The van der Waals surface area contributed by atoms with Crippen LogP contribution in [0, 0.1) is 5.92 Å². The lowest BCUT2D eigenvalue weighted by Gasteiger charge is -2.17. The Morgan fingerprint density at radius 1 is 1.46 bits per heavy atom. The summed E-state index contributed by atoms with van der Waals surface area (Å²) in [6.07, 6.45) is -1.70. The molecule has 0 saturated carbocycles. The maximum Gasteiger partial charge on any atom is 0.401 e. The third-order valence-corrected chi connectivity index (χ3v) is 4.48. The van der Waals surface area contributed by atoms with Crippen LogP contribution in [0.5, 0.6) is 0 Å². The highest BCUT2D eigenvalue weighted by molar-refractivity contribution is 5.91. The SMILES string of the molecule is CCC(CC)c1cc(C(=O)NCC2CCN(CC(F)(F)F)C2)on1. The molecule has 8 heteroatoms. The van der Waals surface area contributed by atoms with Gasteiger partial charge in [0.25, 0.3) is 5.91 Å². The molecule has 1 aromatic rings. The predicted octanol–water partition coefficient (Wildman–Crippen LogP) is 3.19. The van der Waals surface area contributed by atoms with Gasteiger partial charge in [-0.1, -0.05) is 19.0 Å². The van der Waals surface area contributed by atoms with E-state index in [0.29, 0.717) is 26.1 Å². The van der Waals surface area contributed by atoms with E-state index in [0.717, 1.165) is 18.5 Å². The molecular weight excluding hydrogens is 323 g/mol. The van der Waals surface area contributed by atoms with Gasteiger partial charge in [0.15, 0.2) is 0 Å². The summed E-state index contributed by atoms with van der Waals surface area (Å²) in [6, 6.07) is 1.65. The van der Waals surface area contributed by atoms with E-state index in [-0.39, 0.29) is 23.5 Å². The lowest BCUT2D eigenvalue weighted by molar-refractivity contribution is -0.143. The van der Waals surface area contributed by atoms with E-state index in [1.54, 1.807) is 6.07 Å². The number of likely N-dealkylation sites (tertiary alicyclic amines) is 1. The zero-order valence-electron chi connectivity index (χ0n) is 14.0. The summed E-state index contributed by atoms with van der Waals surface area (Å²) in [5.41, 5.74) is 0.766. The highest BCUT2D eigenvalue weighted by Crippen LogP contribution is 2.23. The molecule has 2 rings (SSSR count). The number of amides is 1. The minimum atomic E-state index is -4.18. The van der Waals surface area contributed by atoms with E-state index in [1.807, 2.05) is 0 Å². The van der Waals surface area contributed by atoms with Gasteiger partial charge < -0.3 is 9.84 Å². The Morgan fingerprint density at radius 3 is 2.79 bits per heavy atom. The minimum absolute atomic E-state index is 0.0257. The van der Waals surface area contributed by atoms with Crippen molar-refractivity contribution in [3.63, 3.8) is 0 Å². The van der Waals surface area contributed by atoms with Gasteiger partial charge in [0.2, 0.25) is 5.76 Å². The standard InChI is InChI=1S/C16H24F3N3O2/c1-3-12(4-2)13-7-14(24-21-13)15(23)20-8-11-5-6-22(9-11)10-16(17,18)19/h7,11-12H,3-6,8-10H2,1-2H3,(H,20,23). The van der Waals surface area contributed by atoms with Crippen LogP contribution in [0.25, 0.3) is 0 Å². The highest BCUT2D eigenvalue weighted by atomic mass is 19.4. The van der Waals surface area contributed by atoms with Crippen LogP contribution in [0.1, 0.15) is 55.3 Å². The number of carbonyl (C=O) groups excluding carboxylic acids is 1. The van der Waals surface area contributed by atoms with Gasteiger partial charge in [0.1, 0.15) is 0 Å². The Balaban J connectivity index is 1.80. The van der Waals surface area contributed by atoms with Crippen LogP contribution >= 0.6 is 0 Å². The molecule has 2 heterocycles. The summed E-state index contributed by atoms with van der Waals surface area (Å²) >= 11 is 0. The molecule has 0 aromatic carbocycles. The molecule has 1 aromatic heterocycles. The molecule has 24 heavy (non-hydrogen) atoms. The number of carbonyl (C=O) groups is 1. The fraction of sp³-hybridized carbons (Fsp3) is 0.750. The third-order valence-electron chi connectivity index (χ3n) is 4.48. The van der Waals surface area contributed by atoms with Gasteiger partial charge in [-0.15, -0.1) is 0 Å². The maximum atomic E-state index is 12.4. The van der Waals surface area contributed by atoms with Crippen molar-refractivity contribution in [2.24, 2.45) is 5.92 Å². The van der Waals surface area contributed by atoms with Crippen molar-refractivity contribution < 1.29 is 22.5 Å². The molecule has 1 aliphatic rings. The molecule has 1 atom stereocenters. The Morgan fingerprint density at radius 2 is 2.17 bits per heavy atom. The predicted molar refractivity (Wildman–Crippen MR) is 82.8 cm³/mol. The Labute approximate surface area is 139 Å². The molecule has 1 amide bonds. The monoisotopic (exact) mass is 347 g/mol. The normalized spacial score (nSPS) is 19.2. The molecule has 0 aliphatic carbocycles. The number of hydrogen-bond donors (Lipinski definition) is 1. The number of aromatic nitrogens is 1. The molecule has 0 bridgehead atoms. The van der Waals surface area contributed by atoms with Crippen LogP contribution in [0.4, 0.5) is 13.2 Å². The number of halogens is 3. The lowest BCUT2D eigenvalue weighted by Crippen LogP contribution is -2.34. The second kappa shape index (κ2) is 8.00. The largest absolute Gasteiger partial charge is 0.401 e. The van der Waals surface area contributed by atoms with Crippen LogP contribution < -0.4 is 5.32 Å². The van der Waals surface area contributed by atoms with Crippen LogP contribution in [0.2, 0.25) is 0 Å². The van der Waals surface area contributed by atoms with Gasteiger partial charge >= 0.3 is 6.18 Å². The fourth-order valence-corrected chi connectivity index (χ4v) is 3.10. The quantitative estimate of drug-likeness (QED) is 0.823. The molecule has 0 radical (unpaired) electrons. The number of hydrogen-bond acceptors (Lipinski definition) is 4. The number of nitrogens with one attached hydrogen (secondary N) is 1. The summed E-state index contributed by atoms with van der Waals surface area (Å²) < 4.78 is 42.2.